The molecule has 0 saturated heterocycles. The van der Waals surface area contributed by atoms with Crippen LogP contribution in [-0.2, 0) is 0 Å². The molecule has 0 fully saturated rings. The molecule has 2 aromatic carbocycles. The van der Waals surface area contributed by atoms with Crippen LogP contribution in [0.4, 0.5) is 0 Å². The minimum Gasteiger partial charge on any atom is -0.497 e. The topological polar surface area (TPSA) is 75.0 Å². The fourth-order valence-electron chi connectivity index (χ4n) is 2.90. The van der Waals surface area contributed by atoms with Gasteiger partial charge in [0.25, 0.3) is 5.56 Å². The lowest BCUT2D eigenvalue weighted by atomic mass is 10.2. The van der Waals surface area contributed by atoms with Gasteiger partial charge in [-0.3, -0.25) is 4.79 Å². The molecule has 29 heavy (non-hydrogen) atoms. The van der Waals surface area contributed by atoms with E-state index in [9.17, 15) is 4.79 Å². The third kappa shape index (κ3) is 3.66. The van der Waals surface area contributed by atoms with Crippen LogP contribution in [0.5, 0.6) is 17.2 Å². The molecule has 8 heteroatoms. The Morgan fingerprint density at radius 1 is 1.07 bits per heavy atom. The Labute approximate surface area is 170 Å². The second kappa shape index (κ2) is 7.92. The number of methoxy groups -OCH3 is 2. The van der Waals surface area contributed by atoms with Gasteiger partial charge in [-0.25, -0.2) is 0 Å². The van der Waals surface area contributed by atoms with Gasteiger partial charge in [0, 0.05) is 17.2 Å². The highest BCUT2D eigenvalue weighted by atomic mass is 32.1. The summed E-state index contributed by atoms with van der Waals surface area (Å²) in [5.41, 5.74) is 1.39. The molecule has 0 radical (unpaired) electrons. The van der Waals surface area contributed by atoms with Gasteiger partial charge in [-0.15, -0.1) is 5.10 Å². The van der Waals surface area contributed by atoms with Crippen LogP contribution in [0.25, 0.3) is 22.4 Å². The van der Waals surface area contributed by atoms with E-state index in [2.05, 4.69) is 10.1 Å². The number of hydrogen-bond acceptors (Lipinski definition) is 7. The van der Waals surface area contributed by atoms with E-state index in [4.69, 9.17) is 14.2 Å². The van der Waals surface area contributed by atoms with E-state index in [1.165, 1.54) is 15.9 Å². The predicted molar refractivity (Wildman–Crippen MR) is 112 cm³/mol. The molecule has 0 aliphatic carbocycles. The SMILES string of the molecule is CCOc1ccc(-c2nc3s/c(=C/c4ccc(OC)cc4OC)c(=O)n3n2)cc1. The van der Waals surface area contributed by atoms with Crippen molar-refractivity contribution in [2.45, 2.75) is 6.92 Å². The van der Waals surface area contributed by atoms with Crippen molar-refractivity contribution in [3.63, 3.8) is 0 Å². The zero-order valence-electron chi connectivity index (χ0n) is 16.2. The highest BCUT2D eigenvalue weighted by molar-refractivity contribution is 7.15. The van der Waals surface area contributed by atoms with Crippen molar-refractivity contribution in [1.82, 2.24) is 14.6 Å². The summed E-state index contributed by atoms with van der Waals surface area (Å²) < 4.78 is 17.9. The first-order chi connectivity index (χ1) is 14.1. The van der Waals surface area contributed by atoms with Crippen LogP contribution < -0.4 is 24.3 Å². The van der Waals surface area contributed by atoms with Crippen molar-refractivity contribution in [1.29, 1.82) is 0 Å². The number of aromatic nitrogens is 3. The molecular weight excluding hydrogens is 390 g/mol. The third-order valence-corrected chi connectivity index (χ3v) is 5.29. The molecule has 148 valence electrons. The monoisotopic (exact) mass is 409 g/mol. The van der Waals surface area contributed by atoms with E-state index >= 15 is 0 Å². The third-order valence-electron chi connectivity index (χ3n) is 4.33. The number of ether oxygens (including phenoxy) is 3. The number of benzene rings is 2. The van der Waals surface area contributed by atoms with Gasteiger partial charge in [-0.1, -0.05) is 11.3 Å². The average Bonchev–Trinajstić information content (AvgIpc) is 3.28. The maximum Gasteiger partial charge on any atom is 0.291 e. The Kier molecular flexibility index (Phi) is 5.18. The average molecular weight is 409 g/mol. The molecule has 0 amide bonds. The Morgan fingerprint density at radius 3 is 2.48 bits per heavy atom. The van der Waals surface area contributed by atoms with Crippen molar-refractivity contribution in [3.8, 4) is 28.6 Å². The van der Waals surface area contributed by atoms with Crippen LogP contribution in [0.2, 0.25) is 0 Å². The smallest absolute Gasteiger partial charge is 0.291 e. The summed E-state index contributed by atoms with van der Waals surface area (Å²) in [5, 5.41) is 4.38. The van der Waals surface area contributed by atoms with E-state index in [1.807, 2.05) is 43.3 Å². The first kappa shape index (κ1) is 18.9. The van der Waals surface area contributed by atoms with Crippen molar-refractivity contribution in [3.05, 3.63) is 62.9 Å². The number of hydrogen-bond donors (Lipinski definition) is 0. The van der Waals surface area contributed by atoms with Crippen LogP contribution >= 0.6 is 11.3 Å². The summed E-state index contributed by atoms with van der Waals surface area (Å²) >= 11 is 1.28. The Hall–Kier alpha value is -3.39. The number of thiazole rings is 1. The van der Waals surface area contributed by atoms with Crippen molar-refractivity contribution >= 4 is 22.4 Å². The van der Waals surface area contributed by atoms with E-state index in [1.54, 1.807) is 26.4 Å². The number of fused-ring (bicyclic) bond motifs is 1. The first-order valence-electron chi connectivity index (χ1n) is 8.99. The van der Waals surface area contributed by atoms with Crippen LogP contribution in [-0.4, -0.2) is 35.4 Å². The molecule has 0 N–H and O–H groups in total. The molecule has 2 heterocycles. The lowest BCUT2D eigenvalue weighted by Crippen LogP contribution is -2.23. The lowest BCUT2D eigenvalue weighted by Gasteiger charge is -2.06. The van der Waals surface area contributed by atoms with E-state index in [0.29, 0.717) is 33.4 Å². The van der Waals surface area contributed by atoms with Crippen LogP contribution in [0.3, 0.4) is 0 Å². The summed E-state index contributed by atoms with van der Waals surface area (Å²) in [6, 6.07) is 12.9. The maximum absolute atomic E-state index is 12.8. The van der Waals surface area contributed by atoms with Crippen molar-refractivity contribution < 1.29 is 14.2 Å². The molecule has 7 nitrogen and oxygen atoms in total. The van der Waals surface area contributed by atoms with Gasteiger partial charge in [0.2, 0.25) is 4.96 Å². The standard InChI is InChI=1S/C21H19N3O4S/c1-4-28-15-8-5-13(6-9-15)19-22-21-24(23-19)20(25)18(29-21)11-14-7-10-16(26-2)12-17(14)27-3/h5-12H,4H2,1-3H3/b18-11+. The number of rotatable bonds is 6. The Bertz CT molecular complexity index is 1260. The van der Waals surface area contributed by atoms with Crippen LogP contribution in [0.1, 0.15) is 12.5 Å². The van der Waals surface area contributed by atoms with Crippen molar-refractivity contribution in [2.75, 3.05) is 20.8 Å². The fourth-order valence-corrected chi connectivity index (χ4v) is 3.80. The normalized spacial score (nSPS) is 11.8. The molecule has 0 aliphatic heterocycles. The molecule has 0 spiro atoms. The second-order valence-electron chi connectivity index (χ2n) is 6.11. The molecule has 0 unspecified atom stereocenters. The maximum atomic E-state index is 12.8. The molecule has 4 rings (SSSR count). The molecule has 0 bridgehead atoms. The van der Waals surface area contributed by atoms with Crippen LogP contribution in [0, 0.1) is 0 Å². The van der Waals surface area contributed by atoms with E-state index < -0.39 is 0 Å². The molecule has 2 aromatic heterocycles. The minimum atomic E-state index is -0.215. The molecule has 4 aromatic rings. The van der Waals surface area contributed by atoms with Crippen LogP contribution in [0.15, 0.2) is 47.3 Å². The summed E-state index contributed by atoms with van der Waals surface area (Å²) in [6.45, 7) is 2.54. The van der Waals surface area contributed by atoms with Gasteiger partial charge in [0.15, 0.2) is 5.82 Å². The first-order valence-corrected chi connectivity index (χ1v) is 9.81. The van der Waals surface area contributed by atoms with Gasteiger partial charge >= 0.3 is 0 Å². The zero-order valence-corrected chi connectivity index (χ0v) is 17.0. The zero-order chi connectivity index (χ0) is 20.4. The summed E-state index contributed by atoms with van der Waals surface area (Å²) in [5.74, 6) is 2.60. The summed E-state index contributed by atoms with van der Waals surface area (Å²) in [7, 11) is 3.17. The Morgan fingerprint density at radius 2 is 1.83 bits per heavy atom. The van der Waals surface area contributed by atoms with Gasteiger partial charge in [-0.05, 0) is 49.4 Å². The largest absolute Gasteiger partial charge is 0.497 e. The van der Waals surface area contributed by atoms with E-state index in [-0.39, 0.29) is 5.56 Å². The lowest BCUT2D eigenvalue weighted by molar-refractivity contribution is 0.340. The van der Waals surface area contributed by atoms with Gasteiger partial charge in [0.05, 0.1) is 25.4 Å². The summed E-state index contributed by atoms with van der Waals surface area (Å²) in [4.78, 5) is 17.8. The predicted octanol–water partition coefficient (Wildman–Crippen LogP) is 2.78. The van der Waals surface area contributed by atoms with Gasteiger partial charge in [-0.2, -0.15) is 9.50 Å². The molecule has 0 atom stereocenters. The van der Waals surface area contributed by atoms with Crippen molar-refractivity contribution in [2.24, 2.45) is 0 Å². The minimum absolute atomic E-state index is 0.215. The highest BCUT2D eigenvalue weighted by Crippen LogP contribution is 2.25. The number of nitrogens with zero attached hydrogens (tertiary/aromatic N) is 3. The second-order valence-corrected chi connectivity index (χ2v) is 7.12. The van der Waals surface area contributed by atoms with Gasteiger partial charge in [0.1, 0.15) is 17.2 Å². The summed E-state index contributed by atoms with van der Waals surface area (Å²) in [6.07, 6.45) is 1.78. The molecular formula is C21H19N3O4S. The highest BCUT2D eigenvalue weighted by Gasteiger charge is 2.13. The Balaban J connectivity index is 1.72. The quantitative estimate of drug-likeness (QED) is 0.488. The van der Waals surface area contributed by atoms with Gasteiger partial charge < -0.3 is 14.2 Å². The molecule has 0 aliphatic rings. The molecule has 0 saturated carbocycles. The van der Waals surface area contributed by atoms with E-state index in [0.717, 1.165) is 16.9 Å². The fraction of sp³-hybridized carbons (Fsp3) is 0.190.